The lowest BCUT2D eigenvalue weighted by Crippen LogP contribution is -2.49. The Hall–Kier alpha value is -6.06. The van der Waals surface area contributed by atoms with E-state index in [2.05, 4.69) is 30.9 Å². The number of halogens is 3. The molecule has 6 heterocycles. The number of nitrogens with zero attached hydrogens (tertiary/aromatic N) is 8. The number of thiocarbonyl (C=S) groups is 1. The Morgan fingerprint density at radius 2 is 1.54 bits per heavy atom. The van der Waals surface area contributed by atoms with Crippen molar-refractivity contribution in [3.8, 4) is 6.07 Å². The topological polar surface area (TPSA) is 158 Å². The van der Waals surface area contributed by atoms with E-state index in [1.165, 1.54) is 6.07 Å². The number of amides is 4. The molecule has 2 N–H and O–H groups in total. The van der Waals surface area contributed by atoms with E-state index in [1.807, 2.05) is 36.5 Å². The number of aromatic nitrogens is 2. The highest BCUT2D eigenvalue weighted by atomic mass is 32.1. The second kappa shape index (κ2) is 16.3. The van der Waals surface area contributed by atoms with Crippen LogP contribution in [0.25, 0.3) is 10.9 Å². The van der Waals surface area contributed by atoms with Crippen LogP contribution in [0.2, 0.25) is 0 Å². The van der Waals surface area contributed by atoms with E-state index in [0.717, 1.165) is 85.5 Å². The third kappa shape index (κ3) is 7.79. The summed E-state index contributed by atoms with van der Waals surface area (Å²) in [7, 11) is 0. The molecule has 0 spiro atoms. The van der Waals surface area contributed by atoms with Gasteiger partial charge in [0, 0.05) is 74.2 Å². The van der Waals surface area contributed by atoms with E-state index < -0.39 is 34.8 Å². The largest absolute Gasteiger partial charge is 0.483 e. The number of hydrogen-bond acceptors (Lipinski definition) is 9. The molecule has 0 atom stereocenters. The average Bonchev–Trinajstić information content (AvgIpc) is 3.73. The number of nitrogens with one attached hydrogen (secondary N) is 1. The van der Waals surface area contributed by atoms with Crippen LogP contribution in [0, 0.1) is 11.3 Å². The van der Waals surface area contributed by atoms with Crippen LogP contribution in [-0.2, 0) is 20.6 Å². The first kappa shape index (κ1) is 41.1. The molecule has 2 aromatic heterocycles. The first-order chi connectivity index (χ1) is 28.2. The Morgan fingerprint density at radius 1 is 0.915 bits per heavy atom. The number of anilines is 4. The summed E-state index contributed by atoms with van der Waals surface area (Å²) in [5.41, 5.74) is 0.530. The second-order valence-corrected chi connectivity index (χ2v) is 15.7. The molecule has 4 fully saturated rings. The predicted molar refractivity (Wildman–Crippen MR) is 218 cm³/mol. The van der Waals surface area contributed by atoms with Gasteiger partial charge < -0.3 is 24.4 Å². The number of nitriles is 1. The van der Waals surface area contributed by atoms with Crippen molar-refractivity contribution in [3.05, 3.63) is 78.2 Å². The third-order valence-electron chi connectivity index (χ3n) is 11.7. The summed E-state index contributed by atoms with van der Waals surface area (Å²) >= 11 is 5.71. The molecular weight excluding hydrogens is 788 g/mol. The normalized spacial score (nSPS) is 19.5. The number of carbonyl (C=O) groups excluding carboxylic acids is 3. The van der Waals surface area contributed by atoms with E-state index in [0.29, 0.717) is 30.0 Å². The van der Waals surface area contributed by atoms with Crippen LogP contribution in [0.3, 0.4) is 0 Å². The van der Waals surface area contributed by atoms with E-state index in [4.69, 9.17) is 22.1 Å². The Labute approximate surface area is 343 Å². The highest BCUT2D eigenvalue weighted by Crippen LogP contribution is 2.41. The molecule has 8 rings (SSSR count). The Kier molecular flexibility index (Phi) is 11.4. The molecule has 0 saturated carbocycles. The molecule has 4 aromatic rings. The van der Waals surface area contributed by atoms with E-state index >= 15 is 0 Å². The minimum atomic E-state index is -4.77. The fourth-order valence-electron chi connectivity index (χ4n) is 8.68. The van der Waals surface area contributed by atoms with Gasteiger partial charge in [-0.2, -0.15) is 18.4 Å². The summed E-state index contributed by atoms with van der Waals surface area (Å²) in [6.07, 6.45) is 5.13. The third-order valence-corrected chi connectivity index (χ3v) is 12.0. The van der Waals surface area contributed by atoms with Gasteiger partial charge in [-0.15, -0.1) is 0 Å². The molecule has 0 aliphatic carbocycles. The zero-order chi connectivity index (χ0) is 42.2. The van der Waals surface area contributed by atoms with Crippen LogP contribution in [0.1, 0.15) is 63.1 Å². The number of carbonyl (C=O) groups is 4. The van der Waals surface area contributed by atoms with Gasteiger partial charge in [-0.1, -0.05) is 0 Å². The second-order valence-electron chi connectivity index (χ2n) is 15.3. The molecule has 59 heavy (non-hydrogen) atoms. The van der Waals surface area contributed by atoms with Gasteiger partial charge in [0.15, 0.2) is 5.11 Å². The van der Waals surface area contributed by atoms with Crippen molar-refractivity contribution in [3.63, 3.8) is 0 Å². The lowest BCUT2D eigenvalue weighted by Gasteiger charge is -2.42. The monoisotopic (exact) mass is 829 g/mol. The smallest absolute Gasteiger partial charge is 0.417 e. The molecule has 4 aliphatic heterocycles. The Bertz CT molecular complexity index is 2330. The molecule has 0 unspecified atom stereocenters. The summed E-state index contributed by atoms with van der Waals surface area (Å²) < 4.78 is 43.5. The lowest BCUT2D eigenvalue weighted by molar-refractivity contribution is -0.137. The van der Waals surface area contributed by atoms with Gasteiger partial charge in [0.1, 0.15) is 5.54 Å². The molecule has 14 nitrogen and oxygen atoms in total. The zero-order valence-corrected chi connectivity index (χ0v) is 33.2. The maximum absolute atomic E-state index is 13.8. The van der Waals surface area contributed by atoms with E-state index in [-0.39, 0.29) is 29.6 Å². The van der Waals surface area contributed by atoms with Crippen LogP contribution in [0.15, 0.2) is 67.1 Å². The van der Waals surface area contributed by atoms with Gasteiger partial charge >= 0.3 is 12.2 Å². The number of alkyl halides is 3. The molecule has 4 aliphatic rings. The fraction of sp³-hybridized carbons (Fsp3) is 0.390. The van der Waals surface area contributed by atoms with Gasteiger partial charge in [0.05, 0.1) is 46.5 Å². The molecule has 0 bridgehead atoms. The molecule has 4 amide bonds. The maximum atomic E-state index is 13.8. The van der Waals surface area contributed by atoms with Crippen molar-refractivity contribution in [2.45, 2.75) is 69.8 Å². The Balaban J connectivity index is 0.00000171. The predicted octanol–water partition coefficient (Wildman–Crippen LogP) is 6.30. The zero-order valence-electron chi connectivity index (χ0n) is 32.4. The number of pyridine rings is 1. The van der Waals surface area contributed by atoms with Crippen molar-refractivity contribution in [2.24, 2.45) is 0 Å². The average molecular weight is 830 g/mol. The van der Waals surface area contributed by atoms with Gasteiger partial charge in [-0.25, -0.2) is 4.79 Å². The molecule has 308 valence electrons. The van der Waals surface area contributed by atoms with E-state index in [1.54, 1.807) is 35.9 Å². The maximum Gasteiger partial charge on any atom is 0.417 e. The minimum absolute atomic E-state index is 0.0416. The first-order valence-corrected chi connectivity index (χ1v) is 19.6. The number of rotatable bonds is 6. The van der Waals surface area contributed by atoms with Gasteiger partial charge in [-0.3, -0.25) is 34.5 Å². The lowest BCUT2D eigenvalue weighted by atomic mass is 9.97. The summed E-state index contributed by atoms with van der Waals surface area (Å²) in [4.78, 5) is 60.0. The van der Waals surface area contributed by atoms with Crippen molar-refractivity contribution >= 4 is 75.3 Å². The summed E-state index contributed by atoms with van der Waals surface area (Å²) in [6.45, 7) is 7.19. The highest BCUT2D eigenvalue weighted by Gasteiger charge is 2.51. The number of carboxylic acid groups (broad SMARTS) is 1. The van der Waals surface area contributed by atoms with Gasteiger partial charge in [0.25, 0.3) is 12.4 Å². The first-order valence-electron chi connectivity index (χ1n) is 19.2. The van der Waals surface area contributed by atoms with Crippen molar-refractivity contribution in [1.29, 1.82) is 5.26 Å². The summed E-state index contributed by atoms with van der Waals surface area (Å²) in [6, 6.07) is 14.9. The quantitative estimate of drug-likeness (QED) is 0.166. The number of urea groups is 1. The molecule has 2 aromatic carbocycles. The SMILES string of the molecule is CC1(C)C(=O)N(c2ccc(C#N)c(C(F)(F)F)c2)C(=S)N1c1ccc(N2CCC(N3CCC(n4ccc5c(N6CCC(=O)NC6=O)cncc54)CC3)CC2)cc1.O=CO. The van der Waals surface area contributed by atoms with Gasteiger partial charge in [-0.05, 0) is 100 Å². The van der Waals surface area contributed by atoms with Crippen LogP contribution >= 0.6 is 12.2 Å². The highest BCUT2D eigenvalue weighted by molar-refractivity contribution is 7.81. The number of hydrogen-bond donors (Lipinski definition) is 2. The van der Waals surface area contributed by atoms with Crippen LogP contribution < -0.4 is 24.9 Å². The molecule has 4 saturated heterocycles. The fourth-order valence-corrected chi connectivity index (χ4v) is 9.20. The molecule has 18 heteroatoms. The van der Waals surface area contributed by atoms with E-state index in [9.17, 15) is 32.8 Å². The standard InChI is InChI=1S/C40H40F3N9O3S.CH2O2/c1-39(2)36(54)51(30-4-3-25(22-44)32(21-30)40(41,42)43)38(56)52(39)29-7-5-26(6-8-29)47-15-9-27(10-16-47)48-17-11-28(12-18-48)49-19-13-31-33(49)23-45-24-34(31)50-20-14-35(53)46-37(50)55;2-1-3/h3-8,13,19,21,23-24,27-28H,9-12,14-18,20H2,1-2H3,(H,46,53,55);1H,(H,2,3). The molecule has 0 radical (unpaired) electrons. The van der Waals surface area contributed by atoms with Crippen LogP contribution in [-0.4, -0.2) is 93.3 Å². The number of likely N-dealkylation sites (tertiary alicyclic amines) is 1. The number of fused-ring (bicyclic) bond motifs is 1. The van der Waals surface area contributed by atoms with Crippen molar-refractivity contribution < 1.29 is 37.5 Å². The number of piperidine rings is 2. The minimum Gasteiger partial charge on any atom is -0.483 e. The van der Waals surface area contributed by atoms with Gasteiger partial charge in [0.2, 0.25) is 5.91 Å². The summed E-state index contributed by atoms with van der Waals surface area (Å²) in [5.74, 6) is -0.733. The van der Waals surface area contributed by atoms with Crippen molar-refractivity contribution in [2.75, 3.05) is 52.3 Å². The number of benzene rings is 2. The van der Waals surface area contributed by atoms with Crippen LogP contribution in [0.5, 0.6) is 0 Å². The Morgan fingerprint density at radius 3 is 2.17 bits per heavy atom. The van der Waals surface area contributed by atoms with Crippen LogP contribution in [0.4, 0.5) is 40.7 Å². The van der Waals surface area contributed by atoms with Crippen molar-refractivity contribution in [1.82, 2.24) is 19.8 Å². The number of imide groups is 1. The molecular formula is C41H42F3N9O5S. The summed E-state index contributed by atoms with van der Waals surface area (Å²) in [5, 5.41) is 19.5.